The van der Waals surface area contributed by atoms with Gasteiger partial charge in [0.25, 0.3) is 5.91 Å². The molecular formula is C13H9F2N3O3S. The van der Waals surface area contributed by atoms with Gasteiger partial charge in [-0.15, -0.1) is 5.10 Å². The molecule has 1 amide bonds. The van der Waals surface area contributed by atoms with Crippen LogP contribution in [0.5, 0.6) is 0 Å². The number of nitrogens with one attached hydrogen (secondary N) is 1. The number of methoxy groups -OCH3 is 1. The first-order chi connectivity index (χ1) is 10.5. The number of esters is 1. The molecule has 1 aromatic carbocycles. The molecule has 1 fully saturated rings. The molecule has 1 aromatic rings. The molecule has 0 aliphatic carbocycles. The average molecular weight is 325 g/mol. The minimum Gasteiger partial charge on any atom is -0.466 e. The number of benzene rings is 1. The second kappa shape index (κ2) is 6.94. The standard InChI is InChI=1S/C13H9F2N3O3S/c1-21-11(19)5-10-12(20)17-13(22-10)18-16-6-7-2-3-8(14)4-9(7)15/h2-6H,1H3,(H,17,18,20)/b10-5+,16-6?. The van der Waals surface area contributed by atoms with Gasteiger partial charge in [0.15, 0.2) is 5.17 Å². The van der Waals surface area contributed by atoms with Crippen LogP contribution in [0.3, 0.4) is 0 Å². The maximum atomic E-state index is 13.3. The summed E-state index contributed by atoms with van der Waals surface area (Å²) in [6.07, 6.45) is 2.10. The fraction of sp³-hybridized carbons (Fsp3) is 0.0769. The number of halogens is 2. The molecule has 1 aliphatic rings. The zero-order valence-corrected chi connectivity index (χ0v) is 12.0. The lowest BCUT2D eigenvalue weighted by Gasteiger charge is -1.94. The Morgan fingerprint density at radius 3 is 2.86 bits per heavy atom. The number of thioether (sulfide) groups is 1. The number of carbonyl (C=O) groups is 2. The molecular weight excluding hydrogens is 316 g/mol. The van der Waals surface area contributed by atoms with Crippen molar-refractivity contribution >= 4 is 35.0 Å². The molecule has 9 heteroatoms. The lowest BCUT2D eigenvalue weighted by atomic mass is 10.2. The average Bonchev–Trinajstić information content (AvgIpc) is 2.81. The molecule has 0 atom stereocenters. The van der Waals surface area contributed by atoms with Crippen LogP contribution in [0.15, 0.2) is 39.4 Å². The predicted molar refractivity (Wildman–Crippen MR) is 77.2 cm³/mol. The maximum absolute atomic E-state index is 13.3. The first-order valence-electron chi connectivity index (χ1n) is 5.84. The van der Waals surface area contributed by atoms with Gasteiger partial charge < -0.3 is 4.74 Å². The summed E-state index contributed by atoms with van der Waals surface area (Å²) < 4.78 is 30.5. The van der Waals surface area contributed by atoms with Gasteiger partial charge in [0.05, 0.1) is 18.2 Å². The van der Waals surface area contributed by atoms with Crippen LogP contribution in [-0.2, 0) is 14.3 Å². The van der Waals surface area contributed by atoms with Crippen molar-refractivity contribution in [3.05, 3.63) is 46.4 Å². The van der Waals surface area contributed by atoms with E-state index in [1.165, 1.54) is 13.2 Å². The molecule has 0 aromatic heterocycles. The van der Waals surface area contributed by atoms with Gasteiger partial charge in [-0.3, -0.25) is 10.1 Å². The molecule has 0 saturated carbocycles. The van der Waals surface area contributed by atoms with E-state index >= 15 is 0 Å². The summed E-state index contributed by atoms with van der Waals surface area (Å²) in [6.45, 7) is 0. The SMILES string of the molecule is COC(=O)/C=C1/S/C(=N\N=Cc2ccc(F)cc2F)NC1=O. The van der Waals surface area contributed by atoms with Gasteiger partial charge in [0.2, 0.25) is 0 Å². The lowest BCUT2D eigenvalue weighted by molar-refractivity contribution is -0.135. The van der Waals surface area contributed by atoms with Crippen molar-refractivity contribution in [3.8, 4) is 0 Å². The number of amides is 1. The van der Waals surface area contributed by atoms with Crippen LogP contribution >= 0.6 is 11.8 Å². The molecule has 0 spiro atoms. The fourth-order valence-electron chi connectivity index (χ4n) is 1.39. The number of nitrogens with zero attached hydrogens (tertiary/aromatic N) is 2. The summed E-state index contributed by atoms with van der Waals surface area (Å²) in [4.78, 5) is 22.7. The van der Waals surface area contributed by atoms with Crippen LogP contribution in [-0.4, -0.2) is 30.4 Å². The highest BCUT2D eigenvalue weighted by Gasteiger charge is 2.24. The number of carbonyl (C=O) groups excluding carboxylic acids is 2. The molecule has 1 N–H and O–H groups in total. The zero-order chi connectivity index (χ0) is 16.1. The number of hydrogen-bond donors (Lipinski definition) is 1. The van der Waals surface area contributed by atoms with Gasteiger partial charge in [-0.05, 0) is 23.9 Å². The number of amidine groups is 1. The van der Waals surface area contributed by atoms with Gasteiger partial charge in [0.1, 0.15) is 11.6 Å². The van der Waals surface area contributed by atoms with E-state index in [9.17, 15) is 18.4 Å². The molecule has 6 nitrogen and oxygen atoms in total. The Bertz CT molecular complexity index is 716. The van der Waals surface area contributed by atoms with Crippen LogP contribution in [0, 0.1) is 11.6 Å². The normalized spacial score (nSPS) is 18.2. The van der Waals surface area contributed by atoms with Crippen LogP contribution in [0.4, 0.5) is 8.78 Å². The Morgan fingerprint density at radius 1 is 1.41 bits per heavy atom. The summed E-state index contributed by atoms with van der Waals surface area (Å²) in [6, 6.07) is 3.01. The number of rotatable bonds is 3. The van der Waals surface area contributed by atoms with Crippen LogP contribution in [0.2, 0.25) is 0 Å². The Balaban J connectivity index is 2.08. The highest BCUT2D eigenvalue weighted by molar-refractivity contribution is 8.18. The van der Waals surface area contributed by atoms with Gasteiger partial charge in [-0.25, -0.2) is 13.6 Å². The summed E-state index contributed by atoms with van der Waals surface area (Å²) in [5.74, 6) is -2.66. The van der Waals surface area contributed by atoms with Crippen molar-refractivity contribution in [1.82, 2.24) is 5.32 Å². The van der Waals surface area contributed by atoms with E-state index in [4.69, 9.17) is 0 Å². The minimum atomic E-state index is -0.779. The Morgan fingerprint density at radius 2 is 2.18 bits per heavy atom. The van der Waals surface area contributed by atoms with E-state index in [2.05, 4.69) is 20.3 Å². The Labute approximate surface area is 127 Å². The molecule has 0 unspecified atom stereocenters. The van der Waals surface area contributed by atoms with Gasteiger partial charge in [-0.1, -0.05) is 0 Å². The molecule has 1 saturated heterocycles. The van der Waals surface area contributed by atoms with Crippen LogP contribution in [0.1, 0.15) is 5.56 Å². The zero-order valence-electron chi connectivity index (χ0n) is 11.2. The first kappa shape index (κ1) is 15.8. The number of ether oxygens (including phenoxy) is 1. The van der Waals surface area contributed by atoms with Gasteiger partial charge in [-0.2, -0.15) is 5.10 Å². The summed E-state index contributed by atoms with van der Waals surface area (Å²) in [5.41, 5.74) is 0.0467. The van der Waals surface area contributed by atoms with Crippen molar-refractivity contribution < 1.29 is 23.1 Å². The van der Waals surface area contributed by atoms with E-state index in [1.54, 1.807) is 0 Å². The monoisotopic (exact) mass is 325 g/mol. The third-order valence-electron chi connectivity index (χ3n) is 2.41. The Hall–Kier alpha value is -2.55. The van der Waals surface area contributed by atoms with E-state index in [0.29, 0.717) is 0 Å². The highest BCUT2D eigenvalue weighted by Crippen LogP contribution is 2.23. The topological polar surface area (TPSA) is 80.1 Å². The second-order valence-electron chi connectivity index (χ2n) is 3.90. The second-order valence-corrected chi connectivity index (χ2v) is 4.93. The van der Waals surface area contributed by atoms with Crippen molar-refractivity contribution in [2.45, 2.75) is 0 Å². The minimum absolute atomic E-state index is 0.0467. The van der Waals surface area contributed by atoms with Crippen LogP contribution < -0.4 is 5.32 Å². The molecule has 22 heavy (non-hydrogen) atoms. The van der Waals surface area contributed by atoms with Crippen LogP contribution in [0.25, 0.3) is 0 Å². The first-order valence-corrected chi connectivity index (χ1v) is 6.66. The van der Waals surface area contributed by atoms with E-state index in [-0.39, 0.29) is 15.6 Å². The number of hydrogen-bond acceptors (Lipinski definition) is 6. The van der Waals surface area contributed by atoms with E-state index < -0.39 is 23.5 Å². The van der Waals surface area contributed by atoms with Crippen molar-refractivity contribution in [2.24, 2.45) is 10.2 Å². The summed E-state index contributed by atoms with van der Waals surface area (Å²) in [7, 11) is 1.19. The Kier molecular flexibility index (Phi) is 4.99. The molecule has 0 bridgehead atoms. The molecule has 0 radical (unpaired) electrons. The van der Waals surface area contributed by atoms with E-state index in [0.717, 1.165) is 36.2 Å². The van der Waals surface area contributed by atoms with Crippen molar-refractivity contribution in [2.75, 3.05) is 7.11 Å². The molecule has 2 rings (SSSR count). The van der Waals surface area contributed by atoms with E-state index in [1.807, 2.05) is 0 Å². The fourth-order valence-corrected chi connectivity index (χ4v) is 2.13. The summed E-state index contributed by atoms with van der Waals surface area (Å²) >= 11 is 0.886. The molecule has 1 aliphatic heterocycles. The maximum Gasteiger partial charge on any atom is 0.331 e. The van der Waals surface area contributed by atoms with Crippen molar-refractivity contribution in [1.29, 1.82) is 0 Å². The van der Waals surface area contributed by atoms with Gasteiger partial charge in [0, 0.05) is 17.7 Å². The third-order valence-corrected chi connectivity index (χ3v) is 3.31. The highest BCUT2D eigenvalue weighted by atomic mass is 32.2. The largest absolute Gasteiger partial charge is 0.466 e. The predicted octanol–water partition coefficient (Wildman–Crippen LogP) is 1.57. The molecule has 1 heterocycles. The smallest absolute Gasteiger partial charge is 0.331 e. The quantitative estimate of drug-likeness (QED) is 0.396. The summed E-state index contributed by atoms with van der Waals surface area (Å²) in [5, 5.41) is 9.78. The molecule has 114 valence electrons. The van der Waals surface area contributed by atoms with Crippen molar-refractivity contribution in [3.63, 3.8) is 0 Å². The van der Waals surface area contributed by atoms with Gasteiger partial charge >= 0.3 is 5.97 Å². The third kappa shape index (κ3) is 3.98. The lowest BCUT2D eigenvalue weighted by Crippen LogP contribution is -2.19.